The van der Waals surface area contributed by atoms with Gasteiger partial charge in [0, 0.05) is 19.9 Å². The summed E-state index contributed by atoms with van der Waals surface area (Å²) in [6.45, 7) is 13.8. The molecule has 1 saturated heterocycles. The van der Waals surface area contributed by atoms with E-state index < -0.39 is 14.6 Å². The molecule has 1 aliphatic heterocycles. The predicted octanol–water partition coefficient (Wildman–Crippen LogP) is 4.10. The number of hydrogen-bond acceptors (Lipinski definition) is 5. The first-order valence-corrected chi connectivity index (χ1v) is 11.8. The van der Waals surface area contributed by atoms with Gasteiger partial charge in [-0.15, -0.1) is 0 Å². The molecule has 1 aliphatic rings. The minimum atomic E-state index is -1.84. The van der Waals surface area contributed by atoms with Gasteiger partial charge in [0.15, 0.2) is 8.32 Å². The van der Waals surface area contributed by atoms with Gasteiger partial charge in [0.25, 0.3) is 0 Å². The van der Waals surface area contributed by atoms with Crippen LogP contribution in [0.25, 0.3) is 0 Å². The monoisotopic (exact) mass is 365 g/mol. The third-order valence-electron chi connectivity index (χ3n) is 5.05. The van der Waals surface area contributed by atoms with Crippen molar-refractivity contribution in [1.82, 2.24) is 5.06 Å². The van der Waals surface area contributed by atoms with Crippen molar-refractivity contribution in [1.29, 1.82) is 0 Å². The molecular weight excluding hydrogens is 334 g/mol. The highest BCUT2D eigenvalue weighted by Gasteiger charge is 2.41. The molecule has 0 N–H and O–H groups in total. The first-order valence-electron chi connectivity index (χ1n) is 8.87. The van der Waals surface area contributed by atoms with E-state index in [1.165, 1.54) is 6.92 Å². The fourth-order valence-electron chi connectivity index (χ4n) is 2.48. The van der Waals surface area contributed by atoms with Gasteiger partial charge in [0.05, 0.1) is 12.6 Å². The standard InChI is InChI=1S/C19H31NO4Si/c1-15(21)23-18-12-17(14-22-25(5,6)19(2,3)4)20(24-18)13-16-10-8-7-9-11-16/h7-11,17-18H,12-14H2,1-6H3/t17-,18?/m1/s1. The fraction of sp³-hybridized carbons (Fsp3) is 0.632. The summed E-state index contributed by atoms with van der Waals surface area (Å²) in [7, 11) is -1.84. The Morgan fingerprint density at radius 3 is 2.48 bits per heavy atom. The molecule has 1 heterocycles. The molecule has 0 saturated carbocycles. The average molecular weight is 366 g/mol. The Hall–Kier alpha value is -1.21. The number of benzene rings is 1. The first kappa shape index (κ1) is 20.1. The van der Waals surface area contributed by atoms with Crippen LogP contribution in [0, 0.1) is 0 Å². The van der Waals surface area contributed by atoms with Crippen molar-refractivity contribution in [2.24, 2.45) is 0 Å². The van der Waals surface area contributed by atoms with Crippen LogP contribution in [-0.4, -0.2) is 38.3 Å². The lowest BCUT2D eigenvalue weighted by Crippen LogP contribution is -2.44. The summed E-state index contributed by atoms with van der Waals surface area (Å²) in [6.07, 6.45) is 0.0929. The number of rotatable bonds is 6. The molecule has 5 nitrogen and oxygen atoms in total. The lowest BCUT2D eigenvalue weighted by atomic mass is 10.2. The molecule has 1 unspecified atom stereocenters. The minimum absolute atomic E-state index is 0.0682. The number of esters is 1. The number of carbonyl (C=O) groups is 1. The Kier molecular flexibility index (Phi) is 6.43. The van der Waals surface area contributed by atoms with Crippen molar-refractivity contribution in [3.05, 3.63) is 35.9 Å². The molecule has 1 aromatic rings. The van der Waals surface area contributed by atoms with Crippen LogP contribution in [0.4, 0.5) is 0 Å². The van der Waals surface area contributed by atoms with Crippen molar-refractivity contribution < 1.29 is 18.8 Å². The van der Waals surface area contributed by atoms with Gasteiger partial charge in [0.1, 0.15) is 0 Å². The number of hydroxylamine groups is 2. The molecule has 1 fully saturated rings. The molecule has 2 atom stereocenters. The van der Waals surface area contributed by atoms with E-state index in [1.807, 2.05) is 23.3 Å². The molecule has 0 amide bonds. The minimum Gasteiger partial charge on any atom is -0.434 e. The molecule has 140 valence electrons. The molecule has 0 aromatic heterocycles. The summed E-state index contributed by atoms with van der Waals surface area (Å²) in [4.78, 5) is 17.1. The zero-order chi connectivity index (χ0) is 18.7. The van der Waals surface area contributed by atoms with E-state index >= 15 is 0 Å². The second-order valence-electron chi connectivity index (χ2n) is 8.17. The summed E-state index contributed by atoms with van der Waals surface area (Å²) >= 11 is 0. The van der Waals surface area contributed by atoms with Gasteiger partial charge in [-0.1, -0.05) is 51.1 Å². The van der Waals surface area contributed by atoms with Crippen molar-refractivity contribution in [2.75, 3.05) is 6.61 Å². The maximum Gasteiger partial charge on any atom is 0.304 e. The number of ether oxygens (including phenoxy) is 1. The zero-order valence-corrected chi connectivity index (χ0v) is 17.2. The summed E-state index contributed by atoms with van der Waals surface area (Å²) in [5, 5.41) is 2.06. The maximum atomic E-state index is 11.3. The first-order chi connectivity index (χ1) is 11.6. The van der Waals surface area contributed by atoms with Crippen molar-refractivity contribution in [2.45, 2.75) is 71.1 Å². The molecule has 0 bridgehead atoms. The van der Waals surface area contributed by atoms with Crippen LogP contribution < -0.4 is 0 Å². The van der Waals surface area contributed by atoms with E-state index in [-0.39, 0.29) is 17.0 Å². The van der Waals surface area contributed by atoms with E-state index in [0.717, 1.165) is 5.56 Å². The summed E-state index contributed by atoms with van der Waals surface area (Å²) < 4.78 is 11.6. The number of nitrogens with zero attached hydrogens (tertiary/aromatic N) is 1. The second-order valence-corrected chi connectivity index (χ2v) is 13.0. The molecule has 6 heteroatoms. The lowest BCUT2D eigenvalue weighted by Gasteiger charge is -2.37. The van der Waals surface area contributed by atoms with Crippen molar-refractivity contribution in [3.63, 3.8) is 0 Å². The summed E-state index contributed by atoms with van der Waals surface area (Å²) in [5.41, 5.74) is 1.16. The summed E-state index contributed by atoms with van der Waals surface area (Å²) in [6, 6.07) is 10.2. The third-order valence-corrected chi connectivity index (χ3v) is 9.55. The Bertz CT molecular complexity index is 571. The fourth-order valence-corrected chi connectivity index (χ4v) is 3.52. The molecule has 0 spiro atoms. The molecular formula is C19H31NO4Si. The van der Waals surface area contributed by atoms with E-state index in [4.69, 9.17) is 14.0 Å². The van der Waals surface area contributed by atoms with E-state index in [9.17, 15) is 4.79 Å². The number of hydrogen-bond donors (Lipinski definition) is 0. The Balaban J connectivity index is 2.04. The Labute approximate surface area is 152 Å². The summed E-state index contributed by atoms with van der Waals surface area (Å²) in [5.74, 6) is -0.323. The lowest BCUT2D eigenvalue weighted by molar-refractivity contribution is -0.240. The van der Waals surface area contributed by atoms with Gasteiger partial charge in [0.2, 0.25) is 6.29 Å². The highest BCUT2D eigenvalue weighted by Crippen LogP contribution is 2.37. The van der Waals surface area contributed by atoms with Crippen LogP contribution in [0.5, 0.6) is 0 Å². The highest BCUT2D eigenvalue weighted by atomic mass is 28.4. The topological polar surface area (TPSA) is 48.0 Å². The SMILES string of the molecule is CC(=O)OC1C[C@H](CO[Si](C)(C)C(C)(C)C)N(Cc2ccccc2)O1. The Morgan fingerprint density at radius 2 is 1.92 bits per heavy atom. The van der Waals surface area contributed by atoms with Crippen LogP contribution >= 0.6 is 0 Å². The van der Waals surface area contributed by atoms with Gasteiger partial charge < -0.3 is 9.16 Å². The molecule has 0 aliphatic carbocycles. The smallest absolute Gasteiger partial charge is 0.304 e. The van der Waals surface area contributed by atoms with Crippen molar-refractivity contribution in [3.8, 4) is 0 Å². The van der Waals surface area contributed by atoms with E-state index in [0.29, 0.717) is 19.6 Å². The van der Waals surface area contributed by atoms with E-state index in [2.05, 4.69) is 46.0 Å². The largest absolute Gasteiger partial charge is 0.434 e. The highest BCUT2D eigenvalue weighted by molar-refractivity contribution is 6.74. The van der Waals surface area contributed by atoms with Crippen LogP contribution in [0.15, 0.2) is 30.3 Å². The predicted molar refractivity (Wildman–Crippen MR) is 100 cm³/mol. The van der Waals surface area contributed by atoms with Crippen LogP contribution in [-0.2, 0) is 25.3 Å². The van der Waals surface area contributed by atoms with Crippen LogP contribution in [0.2, 0.25) is 18.1 Å². The van der Waals surface area contributed by atoms with E-state index in [1.54, 1.807) is 0 Å². The molecule has 0 radical (unpaired) electrons. The van der Waals surface area contributed by atoms with Crippen LogP contribution in [0.1, 0.15) is 39.7 Å². The van der Waals surface area contributed by atoms with Gasteiger partial charge in [-0.3, -0.25) is 9.63 Å². The van der Waals surface area contributed by atoms with Gasteiger partial charge in [-0.25, -0.2) is 0 Å². The average Bonchev–Trinajstić information content (AvgIpc) is 2.86. The zero-order valence-electron chi connectivity index (χ0n) is 16.2. The van der Waals surface area contributed by atoms with Gasteiger partial charge >= 0.3 is 5.97 Å². The second kappa shape index (κ2) is 7.99. The molecule has 25 heavy (non-hydrogen) atoms. The van der Waals surface area contributed by atoms with Gasteiger partial charge in [-0.05, 0) is 23.7 Å². The quantitative estimate of drug-likeness (QED) is 0.561. The van der Waals surface area contributed by atoms with Gasteiger partial charge in [-0.2, -0.15) is 5.06 Å². The maximum absolute atomic E-state index is 11.3. The molecule has 1 aromatic carbocycles. The third kappa shape index (κ3) is 5.64. The Morgan fingerprint density at radius 1 is 1.28 bits per heavy atom. The normalized spacial score (nSPS) is 22.2. The number of carbonyl (C=O) groups excluding carboxylic acids is 1. The van der Waals surface area contributed by atoms with Crippen LogP contribution in [0.3, 0.4) is 0 Å². The molecule has 2 rings (SSSR count). The van der Waals surface area contributed by atoms with Crippen molar-refractivity contribution >= 4 is 14.3 Å².